The molecule has 1 heterocycles. The fourth-order valence-corrected chi connectivity index (χ4v) is 2.78. The molecule has 2 rings (SSSR count). The highest BCUT2D eigenvalue weighted by Crippen LogP contribution is 2.30. The first-order chi connectivity index (χ1) is 9.01. The van der Waals surface area contributed by atoms with Crippen LogP contribution in [-0.4, -0.2) is 23.0 Å². The first-order valence-electron chi connectivity index (χ1n) is 5.40. The quantitative estimate of drug-likeness (QED) is 0.822. The lowest BCUT2D eigenvalue weighted by molar-refractivity contribution is 0.412. The van der Waals surface area contributed by atoms with E-state index in [9.17, 15) is 0 Å². The van der Waals surface area contributed by atoms with Gasteiger partial charge in [0.1, 0.15) is 5.75 Å². The number of nitrogens with zero attached hydrogens (tertiary/aromatic N) is 3. The van der Waals surface area contributed by atoms with Crippen LogP contribution >= 0.6 is 31.9 Å². The van der Waals surface area contributed by atoms with E-state index >= 15 is 0 Å². The number of nitrogen functional groups attached to an aromatic ring is 1. The molecular formula is C12H12Br2N4O. The van der Waals surface area contributed by atoms with Gasteiger partial charge in [-0.25, -0.2) is 9.66 Å². The fraction of sp³-hybridized carbons (Fsp3) is 0.167. The van der Waals surface area contributed by atoms with E-state index in [1.807, 2.05) is 19.1 Å². The Morgan fingerprint density at radius 3 is 2.68 bits per heavy atom. The number of methoxy groups -OCH3 is 1. The summed E-state index contributed by atoms with van der Waals surface area (Å²) in [4.78, 5) is 4.08. The molecule has 2 N–H and O–H groups in total. The van der Waals surface area contributed by atoms with E-state index in [1.54, 1.807) is 19.5 Å². The van der Waals surface area contributed by atoms with E-state index in [0.717, 1.165) is 26.0 Å². The molecule has 0 saturated heterocycles. The minimum absolute atomic E-state index is 0.356. The number of halogens is 2. The number of nitrogens with two attached hydrogens (primary N) is 1. The summed E-state index contributed by atoms with van der Waals surface area (Å²) in [6.07, 6.45) is 3.45. The first kappa shape index (κ1) is 14.1. The Kier molecular flexibility index (Phi) is 4.26. The monoisotopic (exact) mass is 386 g/mol. The predicted octanol–water partition coefficient (Wildman–Crippen LogP) is 3.19. The molecule has 1 aromatic heterocycles. The number of aryl methyl sites for hydroxylation is 1. The Morgan fingerprint density at radius 2 is 2.11 bits per heavy atom. The van der Waals surface area contributed by atoms with E-state index in [2.05, 4.69) is 41.9 Å². The van der Waals surface area contributed by atoms with Gasteiger partial charge in [-0.3, -0.25) is 0 Å². The van der Waals surface area contributed by atoms with Gasteiger partial charge in [-0.1, -0.05) is 15.9 Å². The van der Waals surface area contributed by atoms with Crippen molar-refractivity contribution in [3.05, 3.63) is 38.5 Å². The van der Waals surface area contributed by atoms with Gasteiger partial charge in [0.25, 0.3) is 0 Å². The maximum atomic E-state index is 5.72. The summed E-state index contributed by atoms with van der Waals surface area (Å²) in [5.74, 6) is 1.09. The smallest absolute Gasteiger partial charge is 0.221 e. The van der Waals surface area contributed by atoms with Crippen LogP contribution in [0.2, 0.25) is 0 Å². The van der Waals surface area contributed by atoms with E-state index in [1.165, 1.54) is 4.68 Å². The van der Waals surface area contributed by atoms with Crippen LogP contribution in [0.3, 0.4) is 0 Å². The van der Waals surface area contributed by atoms with E-state index < -0.39 is 0 Å². The molecule has 0 aliphatic carbocycles. The molecule has 0 amide bonds. The molecule has 0 aliphatic heterocycles. The molecule has 19 heavy (non-hydrogen) atoms. The maximum absolute atomic E-state index is 5.72. The van der Waals surface area contributed by atoms with Crippen molar-refractivity contribution in [3.8, 4) is 5.75 Å². The largest absolute Gasteiger partial charge is 0.496 e. The van der Waals surface area contributed by atoms with Crippen LogP contribution < -0.4 is 10.5 Å². The van der Waals surface area contributed by atoms with Crippen LogP contribution in [-0.2, 0) is 0 Å². The summed E-state index contributed by atoms with van der Waals surface area (Å²) >= 11 is 6.89. The van der Waals surface area contributed by atoms with Gasteiger partial charge in [0.15, 0.2) is 0 Å². The molecule has 0 radical (unpaired) electrons. The highest BCUT2D eigenvalue weighted by molar-refractivity contribution is 9.11. The fourth-order valence-electron chi connectivity index (χ4n) is 1.52. The van der Waals surface area contributed by atoms with Gasteiger partial charge in [0.2, 0.25) is 5.95 Å². The lowest BCUT2D eigenvalue weighted by Gasteiger charge is -2.06. The molecule has 0 bridgehead atoms. The first-order valence-corrected chi connectivity index (χ1v) is 6.98. The number of aromatic nitrogens is 2. The second kappa shape index (κ2) is 5.75. The Balaban J connectivity index is 2.35. The molecule has 0 atom stereocenters. The van der Waals surface area contributed by atoms with Crippen molar-refractivity contribution in [2.75, 3.05) is 12.8 Å². The average molecular weight is 388 g/mol. The number of anilines is 1. The summed E-state index contributed by atoms with van der Waals surface area (Å²) in [6.45, 7) is 1.86. The maximum Gasteiger partial charge on any atom is 0.221 e. The van der Waals surface area contributed by atoms with E-state index in [4.69, 9.17) is 10.5 Å². The Bertz CT molecular complexity index is 637. The molecule has 0 fully saturated rings. The van der Waals surface area contributed by atoms with E-state index in [-0.39, 0.29) is 0 Å². The lowest BCUT2D eigenvalue weighted by Crippen LogP contribution is -1.97. The summed E-state index contributed by atoms with van der Waals surface area (Å²) in [7, 11) is 1.62. The normalized spacial score (nSPS) is 11.2. The zero-order valence-corrected chi connectivity index (χ0v) is 13.6. The number of ether oxygens (including phenoxy) is 1. The van der Waals surface area contributed by atoms with Gasteiger partial charge < -0.3 is 10.5 Å². The van der Waals surface area contributed by atoms with Crippen molar-refractivity contribution in [3.63, 3.8) is 0 Å². The summed E-state index contributed by atoms with van der Waals surface area (Å²) in [5, 5.41) is 4.27. The number of benzene rings is 1. The van der Waals surface area contributed by atoms with Gasteiger partial charge in [-0.15, -0.1) is 0 Å². The van der Waals surface area contributed by atoms with Crippen LogP contribution in [0, 0.1) is 6.92 Å². The third-order valence-electron chi connectivity index (χ3n) is 2.43. The SMILES string of the molecule is COc1cc(C=Nn2cc(C)nc2N)c(Br)cc1Br. The van der Waals surface area contributed by atoms with Crippen molar-refractivity contribution in [2.24, 2.45) is 5.10 Å². The van der Waals surface area contributed by atoms with Gasteiger partial charge in [-0.05, 0) is 35.0 Å². The summed E-state index contributed by atoms with van der Waals surface area (Å²) < 4.78 is 8.55. The second-order valence-corrected chi connectivity index (χ2v) is 5.55. The van der Waals surface area contributed by atoms with Crippen LogP contribution in [0.4, 0.5) is 5.95 Å². The number of hydrogen-bond donors (Lipinski definition) is 1. The molecule has 0 spiro atoms. The van der Waals surface area contributed by atoms with Crippen molar-refractivity contribution in [2.45, 2.75) is 6.92 Å². The topological polar surface area (TPSA) is 65.4 Å². The van der Waals surface area contributed by atoms with Crippen LogP contribution in [0.5, 0.6) is 5.75 Å². The zero-order chi connectivity index (χ0) is 14.0. The zero-order valence-electron chi connectivity index (χ0n) is 10.4. The highest BCUT2D eigenvalue weighted by atomic mass is 79.9. The standard InChI is InChI=1S/C12H12Br2N4O/c1-7-6-18(12(15)17-7)16-5-8-3-11(19-2)10(14)4-9(8)13/h3-6H,1-2H3,(H2,15,17). The number of imidazole rings is 1. The van der Waals surface area contributed by atoms with Crippen molar-refractivity contribution in [1.29, 1.82) is 0 Å². The highest BCUT2D eigenvalue weighted by Gasteiger charge is 2.06. The Labute approximate surface area is 127 Å². The molecule has 5 nitrogen and oxygen atoms in total. The van der Waals surface area contributed by atoms with Gasteiger partial charge in [-0.2, -0.15) is 5.10 Å². The molecular weight excluding hydrogens is 376 g/mol. The van der Waals surface area contributed by atoms with Gasteiger partial charge >= 0.3 is 0 Å². The third-order valence-corrected chi connectivity index (χ3v) is 3.73. The summed E-state index contributed by atoms with van der Waals surface area (Å²) in [5.41, 5.74) is 7.42. The van der Waals surface area contributed by atoms with Gasteiger partial charge in [0, 0.05) is 10.0 Å². The molecule has 2 aromatic rings. The Morgan fingerprint density at radius 1 is 1.37 bits per heavy atom. The van der Waals surface area contributed by atoms with Crippen molar-refractivity contribution >= 4 is 44.0 Å². The van der Waals surface area contributed by atoms with Crippen LogP contribution in [0.15, 0.2) is 32.4 Å². The van der Waals surface area contributed by atoms with E-state index in [0.29, 0.717) is 5.95 Å². The Hall–Kier alpha value is -1.34. The molecule has 100 valence electrons. The van der Waals surface area contributed by atoms with Gasteiger partial charge in [0.05, 0.1) is 29.7 Å². The predicted molar refractivity (Wildman–Crippen MR) is 82.8 cm³/mol. The minimum Gasteiger partial charge on any atom is -0.496 e. The third kappa shape index (κ3) is 3.16. The average Bonchev–Trinajstić information content (AvgIpc) is 2.67. The van der Waals surface area contributed by atoms with Crippen molar-refractivity contribution < 1.29 is 4.74 Å². The lowest BCUT2D eigenvalue weighted by atomic mass is 10.2. The molecule has 7 heteroatoms. The molecule has 1 aromatic carbocycles. The minimum atomic E-state index is 0.356. The molecule has 0 aliphatic rings. The summed E-state index contributed by atoms with van der Waals surface area (Å²) in [6, 6.07) is 3.78. The number of rotatable bonds is 3. The van der Waals surface area contributed by atoms with Crippen LogP contribution in [0.1, 0.15) is 11.3 Å². The second-order valence-electron chi connectivity index (χ2n) is 3.84. The number of hydrogen-bond acceptors (Lipinski definition) is 4. The molecule has 0 unspecified atom stereocenters. The van der Waals surface area contributed by atoms with Crippen molar-refractivity contribution in [1.82, 2.24) is 9.66 Å². The van der Waals surface area contributed by atoms with Crippen LogP contribution in [0.25, 0.3) is 0 Å². The molecule has 0 saturated carbocycles.